The molecule has 2 fully saturated rings. The molecule has 1 amide bonds. The first-order valence-electron chi connectivity index (χ1n) is 7.27. The lowest BCUT2D eigenvalue weighted by atomic mass is 10.1. The fourth-order valence-electron chi connectivity index (χ4n) is 2.49. The van der Waals surface area contributed by atoms with Crippen LogP contribution in [0.25, 0.3) is 0 Å². The van der Waals surface area contributed by atoms with Gasteiger partial charge in [0.1, 0.15) is 17.5 Å². The van der Waals surface area contributed by atoms with Crippen molar-refractivity contribution in [1.82, 2.24) is 15.3 Å². The number of carbonyl (C=O) groups is 1. The second-order valence-corrected chi connectivity index (χ2v) is 5.61. The Morgan fingerprint density at radius 2 is 1.95 bits per heavy atom. The first-order valence-corrected chi connectivity index (χ1v) is 7.27. The zero-order valence-electron chi connectivity index (χ0n) is 12.0. The molecule has 108 valence electrons. The maximum Gasteiger partial charge on any atom is 0.220 e. The van der Waals surface area contributed by atoms with Crippen LogP contribution in [0, 0.1) is 6.92 Å². The zero-order valence-corrected chi connectivity index (χ0v) is 12.0. The number of hydrogen-bond donors (Lipinski definition) is 3. The van der Waals surface area contributed by atoms with E-state index in [2.05, 4.69) is 25.9 Å². The minimum atomic E-state index is 0.136. The summed E-state index contributed by atoms with van der Waals surface area (Å²) in [6.45, 7) is 2.68. The van der Waals surface area contributed by atoms with Crippen molar-refractivity contribution in [2.45, 2.75) is 44.6 Å². The monoisotopic (exact) mass is 275 g/mol. The molecule has 20 heavy (non-hydrogen) atoms. The molecule has 1 aromatic heterocycles. The van der Waals surface area contributed by atoms with Crippen LogP contribution in [0.4, 0.5) is 11.6 Å². The molecule has 0 bridgehead atoms. The SMILES string of the molecule is CNc1nc(C2CC2)nc(NC2CCC(=O)NC2)c1C. The molecule has 1 aliphatic carbocycles. The number of carbonyl (C=O) groups excluding carboxylic acids is 1. The van der Waals surface area contributed by atoms with E-state index in [1.807, 2.05) is 14.0 Å². The topological polar surface area (TPSA) is 78.9 Å². The van der Waals surface area contributed by atoms with Crippen LogP contribution in [0.5, 0.6) is 0 Å². The van der Waals surface area contributed by atoms with Crippen molar-refractivity contribution in [1.29, 1.82) is 0 Å². The van der Waals surface area contributed by atoms with Crippen molar-refractivity contribution in [3.63, 3.8) is 0 Å². The highest BCUT2D eigenvalue weighted by Gasteiger charge is 2.28. The van der Waals surface area contributed by atoms with Crippen LogP contribution in [0.3, 0.4) is 0 Å². The van der Waals surface area contributed by atoms with Gasteiger partial charge in [-0.3, -0.25) is 4.79 Å². The number of hydrogen-bond acceptors (Lipinski definition) is 5. The maximum absolute atomic E-state index is 11.2. The number of rotatable bonds is 4. The van der Waals surface area contributed by atoms with Crippen molar-refractivity contribution in [3.05, 3.63) is 11.4 Å². The second kappa shape index (κ2) is 5.26. The number of nitrogens with zero attached hydrogens (tertiary/aromatic N) is 2. The Morgan fingerprint density at radius 1 is 1.20 bits per heavy atom. The summed E-state index contributed by atoms with van der Waals surface area (Å²) in [4.78, 5) is 20.5. The summed E-state index contributed by atoms with van der Waals surface area (Å²) in [5.74, 6) is 3.38. The smallest absolute Gasteiger partial charge is 0.220 e. The van der Waals surface area contributed by atoms with E-state index in [0.29, 0.717) is 18.9 Å². The number of nitrogens with one attached hydrogen (secondary N) is 3. The van der Waals surface area contributed by atoms with Gasteiger partial charge in [-0.15, -0.1) is 0 Å². The van der Waals surface area contributed by atoms with Crippen LogP contribution in [0.2, 0.25) is 0 Å². The first kappa shape index (κ1) is 13.1. The lowest BCUT2D eigenvalue weighted by Gasteiger charge is -2.25. The number of amides is 1. The standard InChI is InChI=1S/C14H21N5O/c1-8-12(15-2)18-14(9-3-4-9)19-13(8)17-10-5-6-11(20)16-7-10/h9-10H,3-7H2,1-2H3,(H,16,20)(H2,15,17,18,19). The Bertz CT molecular complexity index is 517. The van der Waals surface area contributed by atoms with Crippen molar-refractivity contribution in [3.8, 4) is 0 Å². The fourth-order valence-corrected chi connectivity index (χ4v) is 2.49. The zero-order chi connectivity index (χ0) is 14.1. The van der Waals surface area contributed by atoms with Crippen LogP contribution < -0.4 is 16.0 Å². The third kappa shape index (κ3) is 2.69. The highest BCUT2D eigenvalue weighted by atomic mass is 16.1. The third-order valence-corrected chi connectivity index (χ3v) is 3.95. The largest absolute Gasteiger partial charge is 0.373 e. The predicted molar refractivity (Wildman–Crippen MR) is 77.9 cm³/mol. The minimum absolute atomic E-state index is 0.136. The molecule has 1 aromatic rings. The molecular weight excluding hydrogens is 254 g/mol. The fraction of sp³-hybridized carbons (Fsp3) is 0.643. The van der Waals surface area contributed by atoms with Gasteiger partial charge < -0.3 is 16.0 Å². The highest BCUT2D eigenvalue weighted by Crippen LogP contribution is 2.39. The van der Waals surface area contributed by atoms with E-state index < -0.39 is 0 Å². The highest BCUT2D eigenvalue weighted by molar-refractivity contribution is 5.77. The van der Waals surface area contributed by atoms with Gasteiger partial charge in [-0.2, -0.15) is 0 Å². The summed E-state index contributed by atoms with van der Waals surface area (Å²) in [5.41, 5.74) is 1.04. The second-order valence-electron chi connectivity index (χ2n) is 5.61. The molecule has 1 aliphatic heterocycles. The molecule has 3 N–H and O–H groups in total. The van der Waals surface area contributed by atoms with Crippen molar-refractivity contribution in [2.75, 3.05) is 24.2 Å². The van der Waals surface area contributed by atoms with E-state index in [1.165, 1.54) is 12.8 Å². The molecule has 6 nitrogen and oxygen atoms in total. The van der Waals surface area contributed by atoms with E-state index in [-0.39, 0.29) is 11.9 Å². The van der Waals surface area contributed by atoms with Gasteiger partial charge in [-0.05, 0) is 26.2 Å². The van der Waals surface area contributed by atoms with Gasteiger partial charge in [-0.1, -0.05) is 0 Å². The Balaban J connectivity index is 1.80. The number of aromatic nitrogens is 2. The van der Waals surface area contributed by atoms with Gasteiger partial charge in [-0.25, -0.2) is 9.97 Å². The Hall–Kier alpha value is -1.85. The average Bonchev–Trinajstić information content (AvgIpc) is 3.28. The summed E-state index contributed by atoms with van der Waals surface area (Å²) in [6.07, 6.45) is 3.80. The molecule has 2 aliphatic rings. The molecule has 1 saturated carbocycles. The van der Waals surface area contributed by atoms with Crippen molar-refractivity contribution in [2.24, 2.45) is 0 Å². The molecule has 2 heterocycles. The van der Waals surface area contributed by atoms with E-state index in [9.17, 15) is 4.79 Å². The molecule has 6 heteroatoms. The molecule has 1 atom stereocenters. The van der Waals surface area contributed by atoms with E-state index in [0.717, 1.165) is 29.4 Å². The quantitative estimate of drug-likeness (QED) is 0.774. The Morgan fingerprint density at radius 3 is 2.55 bits per heavy atom. The molecule has 0 aromatic carbocycles. The van der Waals surface area contributed by atoms with Crippen molar-refractivity contribution >= 4 is 17.5 Å². The normalized spacial score (nSPS) is 22.3. The van der Waals surface area contributed by atoms with Gasteiger partial charge in [0.15, 0.2) is 0 Å². The van der Waals surface area contributed by atoms with Gasteiger partial charge in [0.2, 0.25) is 5.91 Å². The van der Waals surface area contributed by atoms with Crippen LogP contribution >= 0.6 is 0 Å². The van der Waals surface area contributed by atoms with Crippen LogP contribution in [0.1, 0.15) is 43.0 Å². The molecule has 1 saturated heterocycles. The first-order chi connectivity index (χ1) is 9.67. The van der Waals surface area contributed by atoms with Crippen LogP contribution in [-0.2, 0) is 4.79 Å². The molecule has 0 radical (unpaired) electrons. The average molecular weight is 275 g/mol. The van der Waals surface area contributed by atoms with Gasteiger partial charge >= 0.3 is 0 Å². The van der Waals surface area contributed by atoms with Crippen molar-refractivity contribution < 1.29 is 4.79 Å². The third-order valence-electron chi connectivity index (χ3n) is 3.95. The van der Waals surface area contributed by atoms with E-state index >= 15 is 0 Å². The van der Waals surface area contributed by atoms with Crippen LogP contribution in [0.15, 0.2) is 0 Å². The number of anilines is 2. The lowest BCUT2D eigenvalue weighted by molar-refractivity contribution is -0.122. The van der Waals surface area contributed by atoms with Gasteiger partial charge in [0, 0.05) is 37.5 Å². The minimum Gasteiger partial charge on any atom is -0.373 e. The predicted octanol–water partition coefficient (Wildman–Crippen LogP) is 1.39. The lowest BCUT2D eigenvalue weighted by Crippen LogP contribution is -2.42. The Labute approximate surface area is 118 Å². The summed E-state index contributed by atoms with van der Waals surface area (Å²) in [7, 11) is 1.89. The molecule has 3 rings (SSSR count). The molecular formula is C14H21N5O. The molecule has 0 spiro atoms. The van der Waals surface area contributed by atoms with Crippen LogP contribution in [-0.4, -0.2) is 35.5 Å². The maximum atomic E-state index is 11.2. The number of piperidine rings is 1. The van der Waals surface area contributed by atoms with E-state index in [4.69, 9.17) is 0 Å². The summed E-state index contributed by atoms with van der Waals surface area (Å²) < 4.78 is 0. The molecule has 1 unspecified atom stereocenters. The Kier molecular flexibility index (Phi) is 3.46. The summed E-state index contributed by atoms with van der Waals surface area (Å²) >= 11 is 0. The summed E-state index contributed by atoms with van der Waals surface area (Å²) in [6, 6.07) is 0.248. The van der Waals surface area contributed by atoms with Gasteiger partial charge in [0.05, 0.1) is 0 Å². The van der Waals surface area contributed by atoms with Gasteiger partial charge in [0.25, 0.3) is 0 Å². The summed E-state index contributed by atoms with van der Waals surface area (Å²) in [5, 5.41) is 9.49. The van der Waals surface area contributed by atoms with E-state index in [1.54, 1.807) is 0 Å².